The summed E-state index contributed by atoms with van der Waals surface area (Å²) in [5.74, 6) is 0.714. The quantitative estimate of drug-likeness (QED) is 0.710. The lowest BCUT2D eigenvalue weighted by molar-refractivity contribution is 0.314. The molecular formula is C14H16NO. The average Bonchev–Trinajstić information content (AvgIpc) is 2.32. The molecular weight excluding hydrogens is 198 g/mol. The van der Waals surface area contributed by atoms with Crippen molar-refractivity contribution in [1.82, 2.24) is 5.73 Å². The molecule has 1 radical (unpaired) electrons. The van der Waals surface area contributed by atoms with Gasteiger partial charge in [0.05, 0.1) is 12.3 Å². The van der Waals surface area contributed by atoms with Crippen molar-refractivity contribution in [2.24, 2.45) is 0 Å². The fourth-order valence-electron chi connectivity index (χ4n) is 1.72. The topological polar surface area (TPSA) is 33.0 Å². The van der Waals surface area contributed by atoms with E-state index in [1.807, 2.05) is 30.3 Å². The monoisotopic (exact) mass is 214 g/mol. The zero-order chi connectivity index (χ0) is 11.4. The van der Waals surface area contributed by atoms with Gasteiger partial charge in [-0.25, -0.2) is 0 Å². The summed E-state index contributed by atoms with van der Waals surface area (Å²) in [6.45, 7) is 2.82. The SMILES string of the molecule is CCCCOc1c([NH])ccc2ccccc12. The maximum absolute atomic E-state index is 7.86. The van der Waals surface area contributed by atoms with E-state index in [2.05, 4.69) is 6.92 Å². The van der Waals surface area contributed by atoms with E-state index in [9.17, 15) is 0 Å². The summed E-state index contributed by atoms with van der Waals surface area (Å²) in [5.41, 5.74) is 8.33. The highest BCUT2D eigenvalue weighted by atomic mass is 16.5. The minimum atomic E-state index is 0.467. The Labute approximate surface area is 96.0 Å². The van der Waals surface area contributed by atoms with Crippen LogP contribution in [-0.2, 0) is 0 Å². The lowest BCUT2D eigenvalue weighted by Crippen LogP contribution is -1.98. The second-order valence-corrected chi connectivity index (χ2v) is 3.87. The second-order valence-electron chi connectivity index (χ2n) is 3.87. The maximum Gasteiger partial charge on any atom is 0.151 e. The van der Waals surface area contributed by atoms with Crippen LogP contribution in [0.15, 0.2) is 36.4 Å². The standard InChI is InChI=1S/C14H16NO/c1-2-3-10-16-14-12-7-5-4-6-11(12)8-9-13(14)15/h4-9,15H,2-3,10H2,1H3. The van der Waals surface area contributed by atoms with E-state index in [-0.39, 0.29) is 0 Å². The molecule has 0 saturated carbocycles. The van der Waals surface area contributed by atoms with E-state index in [4.69, 9.17) is 10.5 Å². The van der Waals surface area contributed by atoms with Crippen LogP contribution in [-0.4, -0.2) is 6.61 Å². The third-order valence-corrected chi connectivity index (χ3v) is 2.62. The Morgan fingerprint density at radius 3 is 2.75 bits per heavy atom. The van der Waals surface area contributed by atoms with Crippen LogP contribution in [0.5, 0.6) is 5.75 Å². The van der Waals surface area contributed by atoms with E-state index in [0.29, 0.717) is 18.0 Å². The van der Waals surface area contributed by atoms with Gasteiger partial charge in [0.25, 0.3) is 0 Å². The highest BCUT2D eigenvalue weighted by Gasteiger charge is 2.06. The first kappa shape index (κ1) is 10.8. The summed E-state index contributed by atoms with van der Waals surface area (Å²) in [5, 5.41) is 2.16. The summed E-state index contributed by atoms with van der Waals surface area (Å²) < 4.78 is 5.70. The van der Waals surface area contributed by atoms with Gasteiger partial charge in [-0.2, -0.15) is 0 Å². The minimum absolute atomic E-state index is 0.467. The van der Waals surface area contributed by atoms with Crippen LogP contribution in [0.1, 0.15) is 19.8 Å². The van der Waals surface area contributed by atoms with Crippen LogP contribution in [0.4, 0.5) is 5.69 Å². The van der Waals surface area contributed by atoms with Crippen molar-refractivity contribution < 1.29 is 4.74 Å². The molecule has 0 aliphatic heterocycles. The number of hydrogen-bond acceptors (Lipinski definition) is 1. The van der Waals surface area contributed by atoms with Gasteiger partial charge in [0.15, 0.2) is 5.75 Å². The lowest BCUT2D eigenvalue weighted by Gasteiger charge is -2.10. The van der Waals surface area contributed by atoms with Gasteiger partial charge in [-0.3, -0.25) is 5.73 Å². The molecule has 2 nitrogen and oxygen atoms in total. The first-order valence-corrected chi connectivity index (χ1v) is 5.69. The molecule has 0 amide bonds. The number of unbranched alkanes of at least 4 members (excludes halogenated alkanes) is 1. The normalized spacial score (nSPS) is 10.6. The number of benzene rings is 2. The lowest BCUT2D eigenvalue weighted by atomic mass is 10.1. The summed E-state index contributed by atoms with van der Waals surface area (Å²) in [6, 6.07) is 11.8. The summed E-state index contributed by atoms with van der Waals surface area (Å²) in [4.78, 5) is 0. The van der Waals surface area contributed by atoms with Gasteiger partial charge in [-0.05, 0) is 17.9 Å². The molecule has 2 aromatic carbocycles. The van der Waals surface area contributed by atoms with Crippen LogP contribution in [0.2, 0.25) is 0 Å². The Morgan fingerprint density at radius 1 is 1.12 bits per heavy atom. The molecule has 1 N–H and O–H groups in total. The van der Waals surface area contributed by atoms with Crippen molar-refractivity contribution in [3.8, 4) is 5.75 Å². The first-order chi connectivity index (χ1) is 7.83. The molecule has 0 aliphatic rings. The molecule has 0 unspecified atom stereocenters. The Morgan fingerprint density at radius 2 is 1.94 bits per heavy atom. The van der Waals surface area contributed by atoms with Crippen LogP contribution in [0.25, 0.3) is 10.8 Å². The highest BCUT2D eigenvalue weighted by molar-refractivity contribution is 5.92. The second kappa shape index (κ2) is 4.88. The Hall–Kier alpha value is -1.70. The van der Waals surface area contributed by atoms with E-state index in [1.54, 1.807) is 6.07 Å². The molecule has 2 rings (SSSR count). The smallest absolute Gasteiger partial charge is 0.151 e. The van der Waals surface area contributed by atoms with Crippen molar-refractivity contribution in [1.29, 1.82) is 0 Å². The van der Waals surface area contributed by atoms with Gasteiger partial charge in [-0.1, -0.05) is 43.7 Å². The first-order valence-electron chi connectivity index (χ1n) is 5.69. The molecule has 16 heavy (non-hydrogen) atoms. The van der Waals surface area contributed by atoms with Gasteiger partial charge in [0.2, 0.25) is 0 Å². The van der Waals surface area contributed by atoms with Crippen LogP contribution >= 0.6 is 0 Å². The van der Waals surface area contributed by atoms with Gasteiger partial charge in [0, 0.05) is 5.39 Å². The fraction of sp³-hybridized carbons (Fsp3) is 0.286. The molecule has 0 spiro atoms. The Balaban J connectivity index is 2.37. The Kier molecular flexibility index (Phi) is 3.30. The zero-order valence-electron chi connectivity index (χ0n) is 9.49. The molecule has 0 aliphatic carbocycles. The minimum Gasteiger partial charge on any atom is -0.491 e. The molecule has 2 heteroatoms. The van der Waals surface area contributed by atoms with Crippen molar-refractivity contribution in [2.75, 3.05) is 6.61 Å². The molecule has 0 saturated heterocycles. The molecule has 0 atom stereocenters. The predicted octanol–water partition coefficient (Wildman–Crippen LogP) is 3.93. The largest absolute Gasteiger partial charge is 0.491 e. The summed E-state index contributed by atoms with van der Waals surface area (Å²) in [7, 11) is 0. The molecule has 0 aromatic heterocycles. The van der Waals surface area contributed by atoms with E-state index in [1.165, 1.54) is 0 Å². The van der Waals surface area contributed by atoms with Crippen LogP contribution in [0, 0.1) is 0 Å². The van der Waals surface area contributed by atoms with Crippen molar-refractivity contribution in [2.45, 2.75) is 19.8 Å². The van der Waals surface area contributed by atoms with Gasteiger partial charge in [0.1, 0.15) is 0 Å². The van der Waals surface area contributed by atoms with Crippen molar-refractivity contribution in [3.05, 3.63) is 36.4 Å². The third-order valence-electron chi connectivity index (χ3n) is 2.62. The van der Waals surface area contributed by atoms with Gasteiger partial charge >= 0.3 is 0 Å². The summed E-state index contributed by atoms with van der Waals surface area (Å²) in [6.07, 6.45) is 2.14. The number of hydrogen-bond donors (Lipinski definition) is 0. The van der Waals surface area contributed by atoms with E-state index < -0.39 is 0 Å². The predicted molar refractivity (Wildman–Crippen MR) is 67.1 cm³/mol. The van der Waals surface area contributed by atoms with Crippen molar-refractivity contribution in [3.63, 3.8) is 0 Å². The molecule has 0 fully saturated rings. The third kappa shape index (κ3) is 2.11. The number of fused-ring (bicyclic) bond motifs is 1. The number of ether oxygens (including phenoxy) is 1. The fourth-order valence-corrected chi connectivity index (χ4v) is 1.72. The number of rotatable bonds is 4. The molecule has 83 valence electrons. The maximum atomic E-state index is 7.86. The van der Waals surface area contributed by atoms with Crippen LogP contribution < -0.4 is 10.5 Å². The van der Waals surface area contributed by atoms with Crippen LogP contribution in [0.3, 0.4) is 0 Å². The van der Waals surface area contributed by atoms with Crippen molar-refractivity contribution >= 4 is 16.5 Å². The molecule has 0 heterocycles. The Bertz CT molecular complexity index is 479. The highest BCUT2D eigenvalue weighted by Crippen LogP contribution is 2.32. The summed E-state index contributed by atoms with van der Waals surface area (Å²) >= 11 is 0. The van der Waals surface area contributed by atoms with E-state index in [0.717, 1.165) is 23.6 Å². The average molecular weight is 214 g/mol. The zero-order valence-corrected chi connectivity index (χ0v) is 9.49. The molecule has 0 bridgehead atoms. The van der Waals surface area contributed by atoms with Gasteiger partial charge < -0.3 is 4.74 Å². The number of nitrogens with one attached hydrogen (secondary N) is 1. The molecule has 2 aromatic rings. The van der Waals surface area contributed by atoms with Gasteiger partial charge in [-0.15, -0.1) is 0 Å². The van der Waals surface area contributed by atoms with E-state index >= 15 is 0 Å².